The van der Waals surface area contributed by atoms with E-state index in [0.29, 0.717) is 23.3 Å². The van der Waals surface area contributed by atoms with Crippen molar-refractivity contribution in [1.82, 2.24) is 10.6 Å². The summed E-state index contributed by atoms with van der Waals surface area (Å²) in [5.41, 5.74) is 2.65. The van der Waals surface area contributed by atoms with Crippen LogP contribution in [0.1, 0.15) is 29.7 Å². The van der Waals surface area contributed by atoms with Crippen molar-refractivity contribution in [3.8, 4) is 16.5 Å². The number of likely N-dealkylation sites (N-methyl/N-ethyl adjacent to an activating group) is 1. The molecule has 0 radical (unpaired) electrons. The summed E-state index contributed by atoms with van der Waals surface area (Å²) in [6.45, 7) is 0. The van der Waals surface area contributed by atoms with Gasteiger partial charge in [-0.2, -0.15) is 5.26 Å². The number of nitrogens with zero attached hydrogens (tertiary/aromatic N) is 2. The Balaban J connectivity index is 1.30. The van der Waals surface area contributed by atoms with E-state index >= 15 is 0 Å². The third-order valence-electron chi connectivity index (χ3n) is 6.71. The number of carbonyl (C=O) groups excluding carboxylic acids is 2. The Morgan fingerprint density at radius 2 is 2.26 bits per heavy atom. The fourth-order valence-corrected chi connectivity index (χ4v) is 6.09. The highest BCUT2D eigenvalue weighted by Crippen LogP contribution is 2.37. The number of nitrogens with one attached hydrogen (secondary N) is 2. The topological polar surface area (TPSA) is 85.2 Å². The molecule has 2 fully saturated rings. The summed E-state index contributed by atoms with van der Waals surface area (Å²) in [7, 11) is 1.74. The van der Waals surface area contributed by atoms with Crippen LogP contribution in [0.5, 0.6) is 0 Å². The predicted molar refractivity (Wildman–Crippen MR) is 116 cm³/mol. The lowest BCUT2D eigenvalue weighted by Gasteiger charge is -2.23. The summed E-state index contributed by atoms with van der Waals surface area (Å²) in [4.78, 5) is 27.3. The van der Waals surface area contributed by atoms with Crippen LogP contribution in [0, 0.1) is 23.1 Å². The van der Waals surface area contributed by atoms with E-state index < -0.39 is 6.04 Å². The predicted octanol–water partition coefficient (Wildman–Crippen LogP) is 2.76. The van der Waals surface area contributed by atoms with Crippen molar-refractivity contribution in [3.05, 3.63) is 40.5 Å². The maximum atomic E-state index is 14.7. The molecule has 160 valence electrons. The third-order valence-corrected chi connectivity index (χ3v) is 7.89. The summed E-state index contributed by atoms with van der Waals surface area (Å²) in [6.07, 6.45) is 3.67. The zero-order chi connectivity index (χ0) is 21.7. The molecule has 1 aromatic carbocycles. The van der Waals surface area contributed by atoms with E-state index in [4.69, 9.17) is 0 Å². The highest BCUT2D eigenvalue weighted by Gasteiger charge is 2.43. The average molecular weight is 439 g/mol. The fraction of sp³-hybridized carbons (Fsp3) is 0.435. The summed E-state index contributed by atoms with van der Waals surface area (Å²) in [5.74, 6) is -0.165. The van der Waals surface area contributed by atoms with E-state index in [2.05, 4.69) is 16.7 Å². The van der Waals surface area contributed by atoms with Gasteiger partial charge in [0.25, 0.3) is 0 Å². The van der Waals surface area contributed by atoms with E-state index in [1.165, 1.54) is 17.4 Å². The SMILES string of the molecule is CN1C(=O)Cc2ccc(-c3cc(F)c(CC(C#N)NC(=O)C4NC5CCC4C5)s3)cc21. The molecular formula is C23H23FN4O2S. The minimum atomic E-state index is -0.779. The monoisotopic (exact) mass is 438 g/mol. The molecule has 1 saturated carbocycles. The molecule has 3 aliphatic rings. The first kappa shape index (κ1) is 20.2. The quantitative estimate of drug-likeness (QED) is 0.752. The Labute approximate surface area is 184 Å². The van der Waals surface area contributed by atoms with Crippen molar-refractivity contribution in [1.29, 1.82) is 5.26 Å². The number of carbonyl (C=O) groups is 2. The maximum absolute atomic E-state index is 14.7. The molecule has 2 aliphatic heterocycles. The number of nitriles is 1. The van der Waals surface area contributed by atoms with Gasteiger partial charge in [-0.1, -0.05) is 12.1 Å². The Morgan fingerprint density at radius 1 is 1.42 bits per heavy atom. The molecule has 4 atom stereocenters. The smallest absolute Gasteiger partial charge is 0.238 e. The molecule has 3 heterocycles. The lowest BCUT2D eigenvalue weighted by Crippen LogP contribution is -2.50. The molecule has 8 heteroatoms. The van der Waals surface area contributed by atoms with E-state index in [1.54, 1.807) is 11.9 Å². The third kappa shape index (κ3) is 3.62. The standard InChI is InChI=1S/C23H23FN4O2S/c1-28-18-7-13(3-2-12(18)8-21(28)29)19-10-17(24)20(31-19)9-16(11-25)27-23(30)22-14-4-5-15(6-14)26-22/h2-3,7,10,14-16,22,26H,4-6,8-9H2,1H3,(H,27,30). The highest BCUT2D eigenvalue weighted by atomic mass is 32.1. The Bertz CT molecular complexity index is 1110. The largest absolute Gasteiger partial charge is 0.339 e. The van der Waals surface area contributed by atoms with Crippen molar-refractivity contribution >= 4 is 28.8 Å². The molecule has 1 saturated heterocycles. The highest BCUT2D eigenvalue weighted by molar-refractivity contribution is 7.15. The molecule has 1 aromatic heterocycles. The Morgan fingerprint density at radius 3 is 2.97 bits per heavy atom. The number of fused-ring (bicyclic) bond motifs is 3. The molecule has 2 aromatic rings. The van der Waals surface area contributed by atoms with E-state index in [9.17, 15) is 19.2 Å². The first-order valence-corrected chi connectivity index (χ1v) is 11.4. The van der Waals surface area contributed by atoms with Gasteiger partial charge in [-0.15, -0.1) is 11.3 Å². The molecule has 5 rings (SSSR count). The number of piperidine rings is 1. The molecule has 4 unspecified atom stereocenters. The van der Waals surface area contributed by atoms with E-state index in [0.717, 1.165) is 41.0 Å². The van der Waals surface area contributed by atoms with Crippen LogP contribution < -0.4 is 15.5 Å². The fourth-order valence-electron chi connectivity index (χ4n) is 5.01. The number of hydrogen-bond donors (Lipinski definition) is 2. The van der Waals surface area contributed by atoms with E-state index in [-0.39, 0.29) is 30.1 Å². The second kappa shape index (κ2) is 7.74. The summed E-state index contributed by atoms with van der Waals surface area (Å²) >= 11 is 1.28. The van der Waals surface area contributed by atoms with Gasteiger partial charge in [0, 0.05) is 35.0 Å². The van der Waals surface area contributed by atoms with Crippen LogP contribution >= 0.6 is 11.3 Å². The molecule has 2 amide bonds. The summed E-state index contributed by atoms with van der Waals surface area (Å²) in [5, 5.41) is 15.7. The number of amides is 2. The number of benzene rings is 1. The normalized spacial score (nSPS) is 24.9. The van der Waals surface area contributed by atoms with Crippen LogP contribution in [0.2, 0.25) is 0 Å². The van der Waals surface area contributed by atoms with Crippen molar-refractivity contribution in [3.63, 3.8) is 0 Å². The van der Waals surface area contributed by atoms with Crippen molar-refractivity contribution in [2.24, 2.45) is 5.92 Å². The van der Waals surface area contributed by atoms with Crippen LogP contribution in [0.4, 0.5) is 10.1 Å². The molecule has 31 heavy (non-hydrogen) atoms. The molecule has 0 spiro atoms. The molecule has 2 bridgehead atoms. The van der Waals surface area contributed by atoms with Gasteiger partial charge in [0.2, 0.25) is 11.8 Å². The number of thiophene rings is 1. The first-order chi connectivity index (χ1) is 14.9. The van der Waals surface area contributed by atoms with Crippen LogP contribution in [0.15, 0.2) is 24.3 Å². The van der Waals surface area contributed by atoms with Gasteiger partial charge in [0.05, 0.1) is 18.5 Å². The molecule has 1 aliphatic carbocycles. The molecular weight excluding hydrogens is 415 g/mol. The zero-order valence-electron chi connectivity index (χ0n) is 17.2. The van der Waals surface area contributed by atoms with E-state index in [1.807, 2.05) is 18.2 Å². The Hall–Kier alpha value is -2.76. The van der Waals surface area contributed by atoms with Crippen molar-refractivity contribution in [2.75, 3.05) is 11.9 Å². The number of rotatable bonds is 5. The van der Waals surface area contributed by atoms with Crippen LogP contribution in [0.25, 0.3) is 10.4 Å². The lowest BCUT2D eigenvalue weighted by molar-refractivity contribution is -0.124. The van der Waals surface area contributed by atoms with Gasteiger partial charge in [-0.25, -0.2) is 4.39 Å². The number of hydrogen-bond acceptors (Lipinski definition) is 5. The molecule has 6 nitrogen and oxygen atoms in total. The van der Waals surface area contributed by atoms with Crippen molar-refractivity contribution < 1.29 is 14.0 Å². The van der Waals surface area contributed by atoms with Crippen molar-refractivity contribution in [2.45, 2.75) is 50.2 Å². The summed E-state index contributed by atoms with van der Waals surface area (Å²) in [6, 6.07) is 8.65. The van der Waals surface area contributed by atoms with Crippen LogP contribution in [-0.2, 0) is 22.4 Å². The van der Waals surface area contributed by atoms with Gasteiger partial charge < -0.3 is 15.5 Å². The first-order valence-electron chi connectivity index (χ1n) is 10.6. The lowest BCUT2D eigenvalue weighted by atomic mass is 9.99. The number of halogens is 1. The second-order valence-corrected chi connectivity index (χ2v) is 9.80. The summed E-state index contributed by atoms with van der Waals surface area (Å²) < 4.78 is 14.7. The molecule has 2 N–H and O–H groups in total. The minimum absolute atomic E-state index is 0.0442. The van der Waals surface area contributed by atoms with Gasteiger partial charge >= 0.3 is 0 Å². The second-order valence-electron chi connectivity index (χ2n) is 8.66. The van der Waals surface area contributed by atoms with Gasteiger partial charge in [0.1, 0.15) is 11.9 Å². The minimum Gasteiger partial charge on any atom is -0.339 e. The average Bonchev–Trinajstić information content (AvgIpc) is 3.53. The maximum Gasteiger partial charge on any atom is 0.238 e. The number of anilines is 1. The van der Waals surface area contributed by atoms with Gasteiger partial charge in [-0.05, 0) is 48.4 Å². The van der Waals surface area contributed by atoms with Gasteiger partial charge in [-0.3, -0.25) is 9.59 Å². The zero-order valence-corrected chi connectivity index (χ0v) is 18.0. The van der Waals surface area contributed by atoms with Crippen LogP contribution in [0.3, 0.4) is 0 Å². The van der Waals surface area contributed by atoms with Gasteiger partial charge in [0.15, 0.2) is 0 Å². The van der Waals surface area contributed by atoms with Crippen LogP contribution in [-0.4, -0.2) is 37.0 Å². The Kier molecular flexibility index (Phi) is 5.03.